The number of aryl methyl sites for hydroxylation is 4. The quantitative estimate of drug-likeness (QED) is 0.601. The molecule has 0 radical (unpaired) electrons. The molecule has 2 nitrogen and oxygen atoms in total. The van der Waals surface area contributed by atoms with Crippen molar-refractivity contribution in [3.63, 3.8) is 0 Å². The Kier molecular flexibility index (Phi) is 5.27. The minimum absolute atomic E-state index is 0.127. The highest BCUT2D eigenvalue weighted by Crippen LogP contribution is 2.32. The smallest absolute Gasteiger partial charge is 0.121 e. The maximum Gasteiger partial charge on any atom is 0.121 e. The molecule has 3 rings (SSSR count). The third-order valence-corrected chi connectivity index (χ3v) is 5.47. The number of benzene rings is 3. The monoisotopic (exact) mass is 360 g/mol. The summed E-state index contributed by atoms with van der Waals surface area (Å²) >= 11 is 0. The zero-order valence-corrected chi connectivity index (χ0v) is 16.6. The first-order valence-corrected chi connectivity index (χ1v) is 9.45. The summed E-state index contributed by atoms with van der Waals surface area (Å²) in [5.41, 5.74) is 6.69. The van der Waals surface area contributed by atoms with E-state index < -0.39 is 0 Å². The summed E-state index contributed by atoms with van der Waals surface area (Å²) in [6, 6.07) is 20.2. The molecule has 0 saturated carbocycles. The van der Waals surface area contributed by atoms with Crippen LogP contribution in [0.3, 0.4) is 0 Å². The average molecular weight is 360 g/mol. The van der Waals surface area contributed by atoms with Crippen LogP contribution in [0.5, 0.6) is 11.5 Å². The van der Waals surface area contributed by atoms with E-state index in [1.54, 1.807) is 12.1 Å². The molecule has 3 aromatic rings. The van der Waals surface area contributed by atoms with Gasteiger partial charge in [-0.2, -0.15) is 0 Å². The molecule has 0 spiro atoms. The molecule has 0 aliphatic heterocycles. The van der Waals surface area contributed by atoms with Crippen LogP contribution in [-0.4, -0.2) is 10.2 Å². The van der Waals surface area contributed by atoms with Gasteiger partial charge in [0, 0.05) is 5.41 Å². The van der Waals surface area contributed by atoms with Crippen LogP contribution in [0.1, 0.15) is 47.2 Å². The van der Waals surface area contributed by atoms with Crippen LogP contribution in [0.4, 0.5) is 0 Å². The molecule has 0 unspecified atom stereocenters. The number of hydrogen-bond donors (Lipinski definition) is 2. The van der Waals surface area contributed by atoms with Crippen molar-refractivity contribution in [2.75, 3.05) is 0 Å². The fourth-order valence-electron chi connectivity index (χ4n) is 3.65. The lowest BCUT2D eigenvalue weighted by Gasteiger charge is -2.26. The van der Waals surface area contributed by atoms with Gasteiger partial charge in [-0.15, -0.1) is 0 Å². The summed E-state index contributed by atoms with van der Waals surface area (Å²) in [6.07, 6.45) is 1.73. The van der Waals surface area contributed by atoms with Gasteiger partial charge in [-0.3, -0.25) is 0 Å². The molecule has 0 heterocycles. The molecule has 3 aromatic carbocycles. The second-order valence-corrected chi connectivity index (χ2v) is 7.96. The lowest BCUT2D eigenvalue weighted by molar-refractivity contribution is 0.463. The summed E-state index contributed by atoms with van der Waals surface area (Å²) in [5.74, 6) is 0.713. The van der Waals surface area contributed by atoms with Crippen LogP contribution in [0.25, 0.3) is 0 Å². The molecule has 0 aliphatic carbocycles. The van der Waals surface area contributed by atoms with E-state index >= 15 is 0 Å². The van der Waals surface area contributed by atoms with Crippen molar-refractivity contribution >= 4 is 0 Å². The van der Waals surface area contributed by atoms with Gasteiger partial charge in [0.25, 0.3) is 0 Å². The predicted octanol–water partition coefficient (Wildman–Crippen LogP) is 5.83. The molecule has 2 N–H and O–H groups in total. The molecule has 0 aliphatic rings. The average Bonchev–Trinajstić information content (AvgIpc) is 2.64. The fraction of sp³-hybridized carbons (Fsp3) is 0.280. The lowest BCUT2D eigenvalue weighted by atomic mass is 9.78. The molecule has 0 aromatic heterocycles. The minimum atomic E-state index is -0.127. The number of aromatic hydroxyl groups is 2. The van der Waals surface area contributed by atoms with Crippen LogP contribution in [0, 0.1) is 13.8 Å². The Balaban J connectivity index is 1.75. The third kappa shape index (κ3) is 4.16. The largest absolute Gasteiger partial charge is 0.508 e. The standard InChI is InChI=1S/C25H28O2/c1-17-15-18(2)24(27)20(16-17)8-5-19-6-9-21(10-7-19)25(3,4)22-11-13-23(26)14-12-22/h6-7,9-16,26-27H,5,8H2,1-4H3. The highest BCUT2D eigenvalue weighted by molar-refractivity contribution is 5.44. The fourth-order valence-corrected chi connectivity index (χ4v) is 3.65. The Morgan fingerprint density at radius 1 is 0.741 bits per heavy atom. The molecular weight excluding hydrogens is 332 g/mol. The molecule has 0 atom stereocenters. The van der Waals surface area contributed by atoms with Crippen LogP contribution >= 0.6 is 0 Å². The molecular formula is C25H28O2. The Morgan fingerprint density at radius 2 is 1.30 bits per heavy atom. The Morgan fingerprint density at radius 3 is 1.89 bits per heavy atom. The maximum atomic E-state index is 10.3. The number of hydrogen-bond acceptors (Lipinski definition) is 2. The van der Waals surface area contributed by atoms with Crippen molar-refractivity contribution in [2.45, 2.75) is 46.0 Å². The topological polar surface area (TPSA) is 40.5 Å². The van der Waals surface area contributed by atoms with E-state index in [1.807, 2.05) is 25.1 Å². The number of phenols is 2. The Hall–Kier alpha value is -2.74. The molecule has 0 fully saturated rings. The highest BCUT2D eigenvalue weighted by Gasteiger charge is 2.22. The van der Waals surface area contributed by atoms with Crippen LogP contribution < -0.4 is 0 Å². The summed E-state index contributed by atoms with van der Waals surface area (Å²) < 4.78 is 0. The van der Waals surface area contributed by atoms with Crippen molar-refractivity contribution in [3.05, 3.63) is 94.0 Å². The minimum Gasteiger partial charge on any atom is -0.508 e. The van der Waals surface area contributed by atoms with Crippen molar-refractivity contribution < 1.29 is 10.2 Å². The van der Waals surface area contributed by atoms with Gasteiger partial charge in [-0.1, -0.05) is 67.9 Å². The van der Waals surface area contributed by atoms with E-state index in [1.165, 1.54) is 22.3 Å². The van der Waals surface area contributed by atoms with Gasteiger partial charge < -0.3 is 10.2 Å². The first kappa shape index (κ1) is 19.0. The predicted molar refractivity (Wildman–Crippen MR) is 112 cm³/mol. The summed E-state index contributed by atoms with van der Waals surface area (Å²) in [4.78, 5) is 0. The van der Waals surface area contributed by atoms with Crippen LogP contribution in [0.2, 0.25) is 0 Å². The summed E-state index contributed by atoms with van der Waals surface area (Å²) in [6.45, 7) is 8.41. The SMILES string of the molecule is Cc1cc(C)c(O)c(CCc2ccc(C(C)(C)c3ccc(O)cc3)cc2)c1. The summed E-state index contributed by atoms with van der Waals surface area (Å²) in [5, 5.41) is 19.8. The molecule has 0 bridgehead atoms. The zero-order valence-electron chi connectivity index (χ0n) is 16.6. The first-order chi connectivity index (χ1) is 12.8. The lowest BCUT2D eigenvalue weighted by Crippen LogP contribution is -2.18. The Bertz CT molecular complexity index is 920. The van der Waals surface area contributed by atoms with Gasteiger partial charge in [-0.25, -0.2) is 0 Å². The highest BCUT2D eigenvalue weighted by atomic mass is 16.3. The summed E-state index contributed by atoms with van der Waals surface area (Å²) in [7, 11) is 0. The van der Waals surface area contributed by atoms with Gasteiger partial charge in [0.15, 0.2) is 0 Å². The van der Waals surface area contributed by atoms with E-state index in [2.05, 4.69) is 51.1 Å². The van der Waals surface area contributed by atoms with E-state index in [0.29, 0.717) is 11.5 Å². The normalized spacial score (nSPS) is 11.6. The van der Waals surface area contributed by atoms with Crippen molar-refractivity contribution in [1.29, 1.82) is 0 Å². The van der Waals surface area contributed by atoms with Crippen LogP contribution in [0.15, 0.2) is 60.7 Å². The van der Waals surface area contributed by atoms with Gasteiger partial charge in [0.1, 0.15) is 11.5 Å². The van der Waals surface area contributed by atoms with Crippen molar-refractivity contribution in [2.24, 2.45) is 0 Å². The maximum absolute atomic E-state index is 10.3. The van der Waals surface area contributed by atoms with E-state index in [9.17, 15) is 10.2 Å². The van der Waals surface area contributed by atoms with Crippen LogP contribution in [-0.2, 0) is 18.3 Å². The van der Waals surface area contributed by atoms with Gasteiger partial charge in [0.2, 0.25) is 0 Å². The zero-order chi connectivity index (χ0) is 19.6. The number of rotatable bonds is 5. The van der Waals surface area contributed by atoms with E-state index in [4.69, 9.17) is 0 Å². The van der Waals surface area contributed by atoms with E-state index in [0.717, 1.165) is 24.0 Å². The second-order valence-electron chi connectivity index (χ2n) is 7.96. The molecule has 140 valence electrons. The number of phenolic OH excluding ortho intramolecular Hbond substituents is 2. The van der Waals surface area contributed by atoms with Crippen molar-refractivity contribution in [1.82, 2.24) is 0 Å². The van der Waals surface area contributed by atoms with E-state index in [-0.39, 0.29) is 5.41 Å². The van der Waals surface area contributed by atoms with Gasteiger partial charge in [-0.05, 0) is 66.6 Å². The van der Waals surface area contributed by atoms with Crippen molar-refractivity contribution in [3.8, 4) is 11.5 Å². The molecule has 27 heavy (non-hydrogen) atoms. The van der Waals surface area contributed by atoms with Gasteiger partial charge in [0.05, 0.1) is 0 Å². The first-order valence-electron chi connectivity index (χ1n) is 9.45. The Labute approximate surface area is 162 Å². The molecule has 0 saturated heterocycles. The molecule has 0 amide bonds. The third-order valence-electron chi connectivity index (χ3n) is 5.47. The molecule has 2 heteroatoms. The van der Waals surface area contributed by atoms with Gasteiger partial charge >= 0.3 is 0 Å². The second kappa shape index (κ2) is 7.48.